The lowest BCUT2D eigenvalue weighted by Gasteiger charge is -2.12. The van der Waals surface area contributed by atoms with Crippen molar-refractivity contribution < 1.29 is 52.7 Å². The fraction of sp³-hybridized carbons (Fsp3) is 0.123. The highest BCUT2D eigenvalue weighted by Crippen LogP contribution is 2.29. The van der Waals surface area contributed by atoms with Gasteiger partial charge in [0.1, 0.15) is 23.3 Å². The van der Waals surface area contributed by atoms with Gasteiger partial charge in [0.05, 0.1) is 30.0 Å². The van der Waals surface area contributed by atoms with E-state index in [9.17, 15) is 52.7 Å². The second-order valence-corrected chi connectivity index (χ2v) is 29.4. The molecule has 0 aromatic heterocycles. The smallest absolute Gasteiger partial charge is 0.337 e. The number of halogens is 4. The van der Waals surface area contributed by atoms with Crippen LogP contribution in [0.5, 0.6) is 0 Å². The van der Waals surface area contributed by atoms with Crippen molar-refractivity contribution in [3.8, 4) is 0 Å². The van der Waals surface area contributed by atoms with Crippen LogP contribution in [0.25, 0.3) is 18.2 Å². The molecular formula is C81H79F4N7O8S3. The lowest BCUT2D eigenvalue weighted by molar-refractivity contribution is 0.0697. The van der Waals surface area contributed by atoms with E-state index in [1.807, 2.05) is 99.7 Å². The average molecular weight is 1450 g/mol. The van der Waals surface area contributed by atoms with Crippen molar-refractivity contribution in [1.82, 2.24) is 0 Å². The monoisotopic (exact) mass is 1450 g/mol. The van der Waals surface area contributed by atoms with Gasteiger partial charge >= 0.3 is 5.97 Å². The molecule has 0 spiro atoms. The number of carboxylic acid groups (broad SMARTS) is 1. The largest absolute Gasteiger partial charge is 0.478 e. The maximum Gasteiger partial charge on any atom is 0.337 e. The van der Waals surface area contributed by atoms with Gasteiger partial charge in [-0.3, -0.25) is 14.2 Å². The van der Waals surface area contributed by atoms with Crippen molar-refractivity contribution in [3.05, 3.63) is 334 Å². The van der Waals surface area contributed by atoms with Gasteiger partial charge in [0, 0.05) is 56.9 Å². The first kappa shape index (κ1) is 77.3. The van der Waals surface area contributed by atoms with E-state index in [0.717, 1.165) is 121 Å². The van der Waals surface area contributed by atoms with E-state index in [1.54, 1.807) is 97.1 Å². The topological polar surface area (TPSA) is 224 Å². The fourth-order valence-corrected chi connectivity index (χ4v) is 11.9. The minimum Gasteiger partial charge on any atom is -0.478 e. The Bertz CT molecular complexity index is 5130. The molecule has 0 atom stereocenters. The highest BCUT2D eigenvalue weighted by Gasteiger charge is 2.14. The summed E-state index contributed by atoms with van der Waals surface area (Å²) in [4.78, 5) is 11.6. The quantitative estimate of drug-likeness (QED) is 0.0209. The number of rotatable bonds is 24. The molecule has 0 aliphatic rings. The summed E-state index contributed by atoms with van der Waals surface area (Å²) in [6.07, 6.45) is 11.9. The lowest BCUT2D eigenvalue weighted by atomic mass is 10.0. The Balaban J connectivity index is 0.000000177. The van der Waals surface area contributed by atoms with Crippen molar-refractivity contribution in [2.45, 2.75) is 46.5 Å². The number of hydrogen-bond acceptors (Lipinski definition) is 11. The van der Waals surface area contributed by atoms with E-state index < -0.39 is 36.0 Å². The third-order valence-electron chi connectivity index (χ3n) is 15.4. The molecule has 0 bridgehead atoms. The first-order chi connectivity index (χ1) is 48.9. The first-order valence-corrected chi connectivity index (χ1v) is 37.9. The second kappa shape index (κ2) is 36.2. The van der Waals surface area contributed by atoms with Gasteiger partial charge in [-0.25, -0.2) is 47.6 Å². The summed E-state index contributed by atoms with van der Waals surface area (Å²) in [6, 6.07) is 69.5. The minimum absolute atomic E-state index is 0.113. The zero-order chi connectivity index (χ0) is 74.3. The van der Waals surface area contributed by atoms with Gasteiger partial charge in [0.25, 0.3) is 0 Å². The molecule has 103 heavy (non-hydrogen) atoms. The van der Waals surface area contributed by atoms with Crippen molar-refractivity contribution in [2.24, 2.45) is 0 Å². The van der Waals surface area contributed by atoms with Gasteiger partial charge in [-0.05, 0) is 266 Å². The molecule has 0 aliphatic heterocycles. The van der Waals surface area contributed by atoms with Crippen LogP contribution in [0, 0.1) is 44.0 Å². The van der Waals surface area contributed by atoms with Crippen LogP contribution in [-0.4, -0.2) is 55.1 Å². The normalized spacial score (nSPS) is 11.1. The number of nitrogens with one attached hydrogen (secondary N) is 7. The Morgan fingerprint density at radius 3 is 1.03 bits per heavy atom. The van der Waals surface area contributed by atoms with Crippen molar-refractivity contribution in [3.63, 3.8) is 0 Å². The Morgan fingerprint density at radius 2 is 0.650 bits per heavy atom. The van der Waals surface area contributed by atoms with Crippen LogP contribution in [0.1, 0.15) is 66.0 Å². The number of carbonyl (C=O) groups is 1. The molecule has 15 nitrogen and oxygen atoms in total. The van der Waals surface area contributed by atoms with Crippen molar-refractivity contribution in [1.29, 1.82) is 0 Å². The Hall–Kier alpha value is -11.5. The molecule has 11 aromatic carbocycles. The summed E-state index contributed by atoms with van der Waals surface area (Å²) in [6.45, 7) is 9.79. The molecule has 0 unspecified atom stereocenters. The van der Waals surface area contributed by atoms with Gasteiger partial charge in [0.15, 0.2) is 0 Å². The minimum atomic E-state index is -3.35. The van der Waals surface area contributed by atoms with Crippen LogP contribution in [0.2, 0.25) is 0 Å². The SMILES string of the molecule is C=Cc1ccc(C)c(Nc2ccc(F)cc2)c1.CS(=O)(=O)Nc1cccc(CCc2ccc(C(=O)O)c(Nc3ccc(F)cc3)c2)c1.Cc1ccc(/C=C/c2cccc(NS(C)(=O)=O)c2)cc1Nc1ccc(F)cc1.Cc1ccc(CCc2cccc(NS(C)(=O)=O)c2)cc1Nc1ccc(F)cc1. The van der Waals surface area contributed by atoms with Gasteiger partial charge in [-0.15, -0.1) is 0 Å². The average Bonchev–Trinajstić information content (AvgIpc) is 0.848. The lowest BCUT2D eigenvalue weighted by Crippen LogP contribution is -2.09. The first-order valence-electron chi connectivity index (χ1n) is 32.2. The summed E-state index contributed by atoms with van der Waals surface area (Å²) < 4.78 is 128. The molecule has 0 amide bonds. The standard InChI is InChI=1S/C22H21FN2O4S.C22H23FN2O2S.C22H21FN2O2S.C15H14FN/c1-30(28,29)25-19-4-2-3-15(13-19)5-6-16-7-12-20(22(26)27)21(14-16)24-18-10-8-17(23)9-11-18;2*1-16-6-7-18(15-22(16)24-20-12-10-19(23)11-13-20)9-8-17-4-3-5-21(14-17)25-28(2,26)27;1-3-12-5-4-11(2)15(10-12)17-14-8-6-13(16)7-9-14/h2-4,7-14,24-25H,5-6H2,1H3,(H,26,27);3-7,10-15,24-25H,8-9H2,1-2H3;3-15,24-25H,1-2H3;3-10,17H,1H2,2H3/b;;9-8+;. The van der Waals surface area contributed by atoms with Crippen LogP contribution in [-0.2, 0) is 55.8 Å². The van der Waals surface area contributed by atoms with E-state index in [-0.39, 0.29) is 28.8 Å². The second-order valence-electron chi connectivity index (χ2n) is 24.2. The Labute approximate surface area is 600 Å². The van der Waals surface area contributed by atoms with Crippen molar-refractivity contribution in [2.75, 3.05) is 54.2 Å². The third-order valence-corrected chi connectivity index (χ3v) is 17.2. The van der Waals surface area contributed by atoms with Gasteiger partial charge in [0.2, 0.25) is 30.1 Å². The molecule has 0 radical (unpaired) electrons. The van der Waals surface area contributed by atoms with Crippen LogP contribution in [0.3, 0.4) is 0 Å². The highest BCUT2D eigenvalue weighted by atomic mass is 32.2. The summed E-state index contributed by atoms with van der Waals surface area (Å²) in [5.74, 6) is -2.20. The molecule has 0 saturated heterocycles. The molecule has 11 aromatic rings. The van der Waals surface area contributed by atoms with E-state index in [0.29, 0.717) is 41.3 Å². The number of aryl methyl sites for hydroxylation is 7. The third kappa shape index (κ3) is 26.9. The molecule has 0 aliphatic carbocycles. The summed E-state index contributed by atoms with van der Waals surface area (Å²) >= 11 is 0. The molecule has 8 N–H and O–H groups in total. The molecule has 0 saturated carbocycles. The molecule has 11 rings (SSSR count). The molecule has 22 heteroatoms. The fourth-order valence-electron chi connectivity index (χ4n) is 10.2. The summed E-state index contributed by atoms with van der Waals surface area (Å²) in [5, 5.41) is 22.4. The number of benzene rings is 11. The van der Waals surface area contributed by atoms with Gasteiger partial charge < -0.3 is 26.4 Å². The number of carboxylic acids is 1. The van der Waals surface area contributed by atoms with Gasteiger partial charge in [-0.2, -0.15) is 0 Å². The molecule has 0 fully saturated rings. The zero-order valence-electron chi connectivity index (χ0n) is 57.4. The van der Waals surface area contributed by atoms with Crippen LogP contribution < -0.4 is 35.4 Å². The number of sulfonamides is 3. The number of hydrogen-bond donors (Lipinski definition) is 8. The van der Waals surface area contributed by atoms with Crippen LogP contribution in [0.4, 0.5) is 80.1 Å². The zero-order valence-corrected chi connectivity index (χ0v) is 59.9. The van der Waals surface area contributed by atoms with E-state index in [4.69, 9.17) is 0 Å². The Morgan fingerprint density at radius 1 is 0.350 bits per heavy atom. The van der Waals surface area contributed by atoms with Crippen LogP contribution >= 0.6 is 0 Å². The maximum absolute atomic E-state index is 13.1. The van der Waals surface area contributed by atoms with E-state index >= 15 is 0 Å². The summed E-state index contributed by atoms with van der Waals surface area (Å²) in [5.41, 5.74) is 18.4. The highest BCUT2D eigenvalue weighted by molar-refractivity contribution is 7.92. The maximum atomic E-state index is 13.1. The molecule has 0 heterocycles. The van der Waals surface area contributed by atoms with Gasteiger partial charge in [-0.1, -0.05) is 104 Å². The number of anilines is 11. The predicted molar refractivity (Wildman–Crippen MR) is 414 cm³/mol. The molecule has 532 valence electrons. The van der Waals surface area contributed by atoms with E-state index in [1.165, 1.54) is 66.7 Å². The van der Waals surface area contributed by atoms with Crippen molar-refractivity contribution >= 4 is 117 Å². The van der Waals surface area contributed by atoms with E-state index in [2.05, 4.69) is 60.2 Å². The number of aromatic carboxylic acids is 1. The predicted octanol–water partition coefficient (Wildman–Crippen LogP) is 19.4. The Kier molecular flexibility index (Phi) is 27.2. The summed E-state index contributed by atoms with van der Waals surface area (Å²) in [7, 11) is -9.94. The molecular weight excluding hydrogens is 1370 g/mol. The van der Waals surface area contributed by atoms with Crippen LogP contribution in [0.15, 0.2) is 249 Å².